The number of thiazole rings is 1. The lowest BCUT2D eigenvalue weighted by Crippen LogP contribution is -2.41. The summed E-state index contributed by atoms with van der Waals surface area (Å²) in [6.07, 6.45) is 1.64. The Hall–Kier alpha value is -1.90. The van der Waals surface area contributed by atoms with Crippen LogP contribution in [0.2, 0.25) is 0 Å². The monoisotopic (exact) mass is 345 g/mol. The van der Waals surface area contributed by atoms with E-state index in [-0.39, 0.29) is 6.03 Å². The molecule has 1 aliphatic rings. The Morgan fingerprint density at radius 1 is 1.17 bits per heavy atom. The Balaban J connectivity index is 1.70. The number of carbonyl (C=O) groups is 1. The summed E-state index contributed by atoms with van der Waals surface area (Å²) in [7, 11) is -0.459. The van der Waals surface area contributed by atoms with Crippen LogP contribution < -0.4 is 16.1 Å². The molecule has 1 fully saturated rings. The second-order valence-corrected chi connectivity index (χ2v) is 7.52. The van der Waals surface area contributed by atoms with Crippen LogP contribution in [0.15, 0.2) is 35.8 Å². The van der Waals surface area contributed by atoms with E-state index in [4.69, 9.17) is 9.31 Å². The predicted molar refractivity (Wildman–Crippen MR) is 96.9 cm³/mol. The van der Waals surface area contributed by atoms with E-state index < -0.39 is 18.3 Å². The van der Waals surface area contributed by atoms with E-state index in [1.54, 1.807) is 11.6 Å². The highest BCUT2D eigenvalue weighted by Gasteiger charge is 2.51. The fraction of sp³-hybridized carbons (Fsp3) is 0.375. The van der Waals surface area contributed by atoms with Gasteiger partial charge in [0.25, 0.3) is 0 Å². The van der Waals surface area contributed by atoms with Crippen molar-refractivity contribution in [3.8, 4) is 0 Å². The van der Waals surface area contributed by atoms with E-state index in [0.29, 0.717) is 10.8 Å². The molecule has 0 saturated carbocycles. The van der Waals surface area contributed by atoms with Gasteiger partial charge in [0, 0.05) is 17.3 Å². The maximum Gasteiger partial charge on any atom is 0.494 e. The molecule has 2 heterocycles. The molecule has 126 valence electrons. The van der Waals surface area contributed by atoms with Gasteiger partial charge >= 0.3 is 13.1 Å². The average molecular weight is 345 g/mol. The minimum atomic E-state index is -0.459. The number of anilines is 2. The van der Waals surface area contributed by atoms with Crippen molar-refractivity contribution in [3.05, 3.63) is 35.8 Å². The molecule has 0 unspecified atom stereocenters. The zero-order chi connectivity index (χ0) is 17.4. The van der Waals surface area contributed by atoms with Crippen LogP contribution in [0.4, 0.5) is 15.6 Å². The molecule has 6 nitrogen and oxygen atoms in total. The van der Waals surface area contributed by atoms with E-state index in [1.807, 2.05) is 52.0 Å². The van der Waals surface area contributed by atoms with Gasteiger partial charge in [0.2, 0.25) is 0 Å². The van der Waals surface area contributed by atoms with Gasteiger partial charge in [-0.1, -0.05) is 12.1 Å². The largest absolute Gasteiger partial charge is 0.494 e. The molecule has 8 heteroatoms. The summed E-state index contributed by atoms with van der Waals surface area (Å²) in [5.41, 5.74) is 0.726. The highest BCUT2D eigenvalue weighted by atomic mass is 32.1. The molecule has 0 spiro atoms. The van der Waals surface area contributed by atoms with Crippen LogP contribution in [0.5, 0.6) is 0 Å². The molecule has 0 aliphatic carbocycles. The number of nitrogens with zero attached hydrogens (tertiary/aromatic N) is 1. The van der Waals surface area contributed by atoms with Crippen LogP contribution in [-0.2, 0) is 9.31 Å². The van der Waals surface area contributed by atoms with E-state index in [0.717, 1.165) is 5.46 Å². The molecule has 3 rings (SSSR count). The third-order valence-electron chi connectivity index (χ3n) is 4.32. The van der Waals surface area contributed by atoms with Crippen molar-refractivity contribution in [1.29, 1.82) is 0 Å². The van der Waals surface area contributed by atoms with Gasteiger partial charge in [0.1, 0.15) is 0 Å². The summed E-state index contributed by atoms with van der Waals surface area (Å²) in [6.45, 7) is 8.04. The van der Waals surface area contributed by atoms with Crippen LogP contribution in [0.1, 0.15) is 27.7 Å². The summed E-state index contributed by atoms with van der Waals surface area (Å²) < 4.78 is 12.1. The minimum Gasteiger partial charge on any atom is -0.399 e. The maximum absolute atomic E-state index is 12.0. The highest BCUT2D eigenvalue weighted by Crippen LogP contribution is 2.36. The standard InChI is InChI=1S/C16H20BN3O3S/c1-15(2)16(3,4)23-17(22-15)11-6-5-7-12(10-11)19-13(21)20-14-18-8-9-24-14/h5-10H,1-4H3,(H2,18,19,20,21). The molecule has 1 saturated heterocycles. The lowest BCUT2D eigenvalue weighted by atomic mass is 9.79. The molecular formula is C16H20BN3O3S. The zero-order valence-corrected chi connectivity index (χ0v) is 14.9. The molecule has 1 aromatic heterocycles. The SMILES string of the molecule is CC1(C)OB(c2cccc(NC(=O)Nc3nccs3)c2)OC1(C)C. The first-order valence-electron chi connectivity index (χ1n) is 7.70. The number of benzene rings is 1. The topological polar surface area (TPSA) is 72.5 Å². The molecule has 2 N–H and O–H groups in total. The van der Waals surface area contributed by atoms with Crippen molar-refractivity contribution in [2.45, 2.75) is 38.9 Å². The Labute approximate surface area is 145 Å². The van der Waals surface area contributed by atoms with Gasteiger partial charge < -0.3 is 14.6 Å². The van der Waals surface area contributed by atoms with Crippen molar-refractivity contribution >= 4 is 40.8 Å². The number of hydrogen-bond acceptors (Lipinski definition) is 5. The van der Waals surface area contributed by atoms with E-state index in [2.05, 4.69) is 15.6 Å². The van der Waals surface area contributed by atoms with Gasteiger partial charge in [-0.2, -0.15) is 0 Å². The number of nitrogens with one attached hydrogen (secondary N) is 2. The Morgan fingerprint density at radius 2 is 1.88 bits per heavy atom. The molecule has 0 bridgehead atoms. The van der Waals surface area contributed by atoms with Gasteiger partial charge in [-0.25, -0.2) is 9.78 Å². The van der Waals surface area contributed by atoms with Crippen molar-refractivity contribution < 1.29 is 14.1 Å². The average Bonchev–Trinajstić information content (AvgIpc) is 3.05. The number of urea groups is 1. The van der Waals surface area contributed by atoms with Crippen LogP contribution in [0.25, 0.3) is 0 Å². The van der Waals surface area contributed by atoms with E-state index in [1.165, 1.54) is 11.3 Å². The fourth-order valence-corrected chi connectivity index (χ4v) is 2.81. The summed E-state index contributed by atoms with van der Waals surface area (Å²) >= 11 is 1.36. The third-order valence-corrected chi connectivity index (χ3v) is 5.01. The first-order valence-corrected chi connectivity index (χ1v) is 8.58. The Morgan fingerprint density at radius 3 is 2.50 bits per heavy atom. The Bertz CT molecular complexity index is 718. The number of carbonyl (C=O) groups excluding carboxylic acids is 1. The third kappa shape index (κ3) is 3.45. The number of amides is 2. The van der Waals surface area contributed by atoms with Gasteiger partial charge in [-0.15, -0.1) is 11.3 Å². The van der Waals surface area contributed by atoms with Crippen LogP contribution >= 0.6 is 11.3 Å². The minimum absolute atomic E-state index is 0.337. The quantitative estimate of drug-likeness (QED) is 0.839. The van der Waals surface area contributed by atoms with Crippen LogP contribution in [0.3, 0.4) is 0 Å². The second-order valence-electron chi connectivity index (χ2n) is 6.63. The van der Waals surface area contributed by atoms with Gasteiger partial charge in [0.15, 0.2) is 5.13 Å². The fourth-order valence-electron chi connectivity index (χ4n) is 2.29. The van der Waals surface area contributed by atoms with Crippen molar-refractivity contribution in [2.75, 3.05) is 10.6 Å². The first kappa shape index (κ1) is 16.9. The molecular weight excluding hydrogens is 325 g/mol. The van der Waals surface area contributed by atoms with Crippen molar-refractivity contribution in [3.63, 3.8) is 0 Å². The van der Waals surface area contributed by atoms with Crippen molar-refractivity contribution in [1.82, 2.24) is 4.98 Å². The first-order chi connectivity index (χ1) is 11.3. The summed E-state index contributed by atoms with van der Waals surface area (Å²) in [5, 5.41) is 7.82. The number of hydrogen-bond donors (Lipinski definition) is 2. The smallest absolute Gasteiger partial charge is 0.399 e. The highest BCUT2D eigenvalue weighted by molar-refractivity contribution is 7.13. The molecule has 1 aromatic carbocycles. The normalized spacial score (nSPS) is 18.4. The van der Waals surface area contributed by atoms with E-state index in [9.17, 15) is 4.79 Å². The summed E-state index contributed by atoms with van der Waals surface area (Å²) in [5.74, 6) is 0. The summed E-state index contributed by atoms with van der Waals surface area (Å²) in [6, 6.07) is 7.11. The zero-order valence-electron chi connectivity index (χ0n) is 14.1. The Kier molecular flexibility index (Phi) is 4.37. The molecule has 2 aromatic rings. The van der Waals surface area contributed by atoms with Gasteiger partial charge in [-0.05, 0) is 45.3 Å². The molecule has 2 amide bonds. The van der Waals surface area contributed by atoms with Crippen LogP contribution in [0, 0.1) is 0 Å². The molecule has 0 radical (unpaired) electrons. The lowest BCUT2D eigenvalue weighted by molar-refractivity contribution is 0.00578. The second kappa shape index (κ2) is 6.20. The van der Waals surface area contributed by atoms with Gasteiger partial charge in [0.05, 0.1) is 11.2 Å². The van der Waals surface area contributed by atoms with E-state index >= 15 is 0 Å². The maximum atomic E-state index is 12.0. The van der Waals surface area contributed by atoms with Crippen molar-refractivity contribution in [2.24, 2.45) is 0 Å². The number of rotatable bonds is 3. The molecule has 1 aliphatic heterocycles. The van der Waals surface area contributed by atoms with Gasteiger partial charge in [-0.3, -0.25) is 5.32 Å². The van der Waals surface area contributed by atoms with Crippen LogP contribution in [-0.4, -0.2) is 29.3 Å². The molecule has 0 atom stereocenters. The summed E-state index contributed by atoms with van der Waals surface area (Å²) in [4.78, 5) is 16.0. The lowest BCUT2D eigenvalue weighted by Gasteiger charge is -2.32. The predicted octanol–water partition coefficient (Wildman–Crippen LogP) is 3.09. The number of aromatic nitrogens is 1. The molecule has 24 heavy (non-hydrogen) atoms.